The van der Waals surface area contributed by atoms with E-state index in [0.717, 1.165) is 67.7 Å². The third-order valence-electron chi connectivity index (χ3n) is 8.02. The lowest BCUT2D eigenvalue weighted by molar-refractivity contribution is -0.137. The van der Waals surface area contributed by atoms with E-state index in [1.165, 1.54) is 17.3 Å². The summed E-state index contributed by atoms with van der Waals surface area (Å²) in [5.74, 6) is -0.141. The van der Waals surface area contributed by atoms with Gasteiger partial charge in [0.25, 0.3) is 5.91 Å². The molecule has 0 fully saturated rings. The Hall–Kier alpha value is -5.69. The number of fused-ring (bicyclic) bond motifs is 2. The average molecular weight is 674 g/mol. The number of ether oxygens (including phenoxy) is 2. The fraction of sp³-hybridized carbons (Fsp3) is 0.222. The molecule has 5 aromatic rings. The number of aromatic nitrogens is 2. The molecule has 4 aromatic carbocycles. The van der Waals surface area contributed by atoms with Crippen molar-refractivity contribution in [2.75, 3.05) is 38.4 Å². The number of rotatable bonds is 8. The van der Waals surface area contributed by atoms with Gasteiger partial charge < -0.3 is 25.6 Å². The average Bonchev–Trinajstić information content (AvgIpc) is 3.10. The third-order valence-corrected chi connectivity index (χ3v) is 8.02. The minimum atomic E-state index is -4.52. The molecule has 0 saturated heterocycles. The van der Waals surface area contributed by atoms with Crippen molar-refractivity contribution in [3.05, 3.63) is 119 Å². The second-order valence-corrected chi connectivity index (χ2v) is 11.3. The van der Waals surface area contributed by atoms with Crippen LogP contribution < -0.4 is 20.5 Å². The first kappa shape index (κ1) is 34.6. The van der Waals surface area contributed by atoms with Crippen molar-refractivity contribution in [3.63, 3.8) is 0 Å². The largest absolute Gasteiger partial charge is 0.493 e. The van der Waals surface area contributed by atoms with Crippen molar-refractivity contribution in [1.29, 1.82) is 0 Å². The van der Waals surface area contributed by atoms with Gasteiger partial charge in [0.05, 0.1) is 42.6 Å². The fourth-order valence-corrected chi connectivity index (χ4v) is 5.38. The van der Waals surface area contributed by atoms with Gasteiger partial charge in [-0.25, -0.2) is 9.78 Å². The maximum absolute atomic E-state index is 12.8. The van der Waals surface area contributed by atoms with Gasteiger partial charge in [-0.3, -0.25) is 14.7 Å². The van der Waals surface area contributed by atoms with E-state index in [2.05, 4.69) is 26.3 Å². The van der Waals surface area contributed by atoms with E-state index in [1.807, 2.05) is 24.3 Å². The van der Waals surface area contributed by atoms with Crippen molar-refractivity contribution in [2.45, 2.75) is 25.6 Å². The molecular weight excluding hydrogens is 639 g/mol. The summed E-state index contributed by atoms with van der Waals surface area (Å²) in [6, 6.07) is 21.3. The van der Waals surface area contributed by atoms with Crippen LogP contribution in [-0.4, -0.2) is 59.2 Å². The predicted octanol–water partition coefficient (Wildman–Crippen LogP) is 6.49. The van der Waals surface area contributed by atoms with Crippen LogP contribution in [-0.2, 0) is 25.6 Å². The van der Waals surface area contributed by atoms with Crippen LogP contribution in [0.2, 0.25) is 0 Å². The number of para-hydroxylation sites is 2. The van der Waals surface area contributed by atoms with E-state index in [1.54, 1.807) is 44.6 Å². The van der Waals surface area contributed by atoms with Crippen molar-refractivity contribution in [1.82, 2.24) is 14.9 Å². The monoisotopic (exact) mass is 673 g/mol. The number of alkyl halides is 3. The molecular formula is C36H34F3N5O5. The molecule has 10 nitrogen and oxygen atoms in total. The number of carbonyl (C=O) groups excluding carboxylic acids is 1. The first-order valence-corrected chi connectivity index (χ1v) is 15.2. The summed E-state index contributed by atoms with van der Waals surface area (Å²) in [5.41, 5.74) is 10.00. The maximum atomic E-state index is 12.8. The number of carbonyl (C=O) groups is 2. The lowest BCUT2D eigenvalue weighted by Gasteiger charge is -2.29. The van der Waals surface area contributed by atoms with Gasteiger partial charge in [-0.2, -0.15) is 13.2 Å². The topological polar surface area (TPSA) is 140 Å². The number of nitrogens with two attached hydrogens (primary N) is 1. The Bertz CT molecular complexity index is 1970. The third kappa shape index (κ3) is 8.62. The Morgan fingerprint density at radius 3 is 2.24 bits per heavy atom. The van der Waals surface area contributed by atoms with E-state index in [-0.39, 0.29) is 16.9 Å². The summed E-state index contributed by atoms with van der Waals surface area (Å²) in [6.07, 6.45) is -1.49. The van der Waals surface area contributed by atoms with E-state index >= 15 is 0 Å². The van der Waals surface area contributed by atoms with Crippen molar-refractivity contribution < 1.29 is 37.3 Å². The molecule has 0 radical (unpaired) electrons. The molecule has 13 heteroatoms. The smallest absolute Gasteiger partial charge is 0.416 e. The zero-order chi connectivity index (χ0) is 35.1. The number of carboxylic acids is 1. The molecule has 0 spiro atoms. The van der Waals surface area contributed by atoms with Gasteiger partial charge in [0.2, 0.25) is 0 Å². The van der Waals surface area contributed by atoms with Crippen LogP contribution in [0.15, 0.2) is 85.1 Å². The zero-order valence-corrected chi connectivity index (χ0v) is 26.8. The van der Waals surface area contributed by atoms with Gasteiger partial charge in [0.1, 0.15) is 0 Å². The quantitative estimate of drug-likeness (QED) is 0.158. The number of nitrogens with one attached hydrogen (secondary N) is 1. The first-order chi connectivity index (χ1) is 23.4. The molecule has 0 atom stereocenters. The van der Waals surface area contributed by atoms with E-state index in [9.17, 15) is 22.8 Å². The van der Waals surface area contributed by atoms with Gasteiger partial charge in [0.15, 0.2) is 17.2 Å². The number of amides is 1. The molecule has 1 aliphatic heterocycles. The number of hydrogen-bond donors (Lipinski definition) is 3. The molecule has 2 heterocycles. The van der Waals surface area contributed by atoms with Crippen molar-refractivity contribution in [3.8, 4) is 11.5 Å². The molecule has 254 valence electrons. The summed E-state index contributed by atoms with van der Waals surface area (Å²) in [4.78, 5) is 33.3. The standard InChI is InChI=1S/C27H28F3N3O3.C9H6N2O2/c1-35-24-13-18-10-12-33(16-19(18)14-25(24)36-2)11-9-17-3-6-21(7-4-17)32-26(34)22-8-5-20(15-23(22)31)27(28,29)30;12-9(13)8-5-10-6-3-1-2-4-7(6)11-8/h3-8,13-15H,9-12,16,31H2,1-2H3,(H,32,34);1-5H,(H,12,13). The Morgan fingerprint density at radius 2 is 1.61 bits per heavy atom. The number of methoxy groups -OCH3 is 2. The highest BCUT2D eigenvalue weighted by Gasteiger charge is 2.31. The van der Waals surface area contributed by atoms with Gasteiger partial charge in [-0.05, 0) is 84.1 Å². The van der Waals surface area contributed by atoms with Gasteiger partial charge in [0, 0.05) is 31.0 Å². The lowest BCUT2D eigenvalue weighted by Crippen LogP contribution is -2.32. The Balaban J connectivity index is 0.000000299. The molecule has 1 aromatic heterocycles. The number of hydrogen-bond acceptors (Lipinski definition) is 8. The van der Waals surface area contributed by atoms with Crippen LogP contribution >= 0.6 is 0 Å². The summed E-state index contributed by atoms with van der Waals surface area (Å²) in [6.45, 7) is 2.66. The molecule has 6 rings (SSSR count). The molecule has 1 aliphatic rings. The van der Waals surface area contributed by atoms with Crippen LogP contribution in [0.25, 0.3) is 11.0 Å². The Kier molecular flexibility index (Phi) is 10.6. The van der Waals surface area contributed by atoms with Gasteiger partial charge in [-0.15, -0.1) is 0 Å². The lowest BCUT2D eigenvalue weighted by atomic mass is 9.98. The minimum Gasteiger partial charge on any atom is -0.493 e. The number of aromatic carboxylic acids is 1. The molecule has 1 amide bonds. The molecule has 0 bridgehead atoms. The number of nitrogen functional groups attached to an aromatic ring is 1. The number of benzene rings is 4. The number of nitrogens with zero attached hydrogens (tertiary/aromatic N) is 3. The van der Waals surface area contributed by atoms with E-state index in [0.29, 0.717) is 16.7 Å². The van der Waals surface area contributed by atoms with Crippen LogP contribution in [0.1, 0.15) is 43.1 Å². The van der Waals surface area contributed by atoms with Crippen molar-refractivity contribution in [2.24, 2.45) is 0 Å². The van der Waals surface area contributed by atoms with Crippen LogP contribution in [0.3, 0.4) is 0 Å². The number of anilines is 2. The fourth-order valence-electron chi connectivity index (χ4n) is 5.38. The van der Waals surface area contributed by atoms with Crippen molar-refractivity contribution >= 4 is 34.3 Å². The van der Waals surface area contributed by atoms with Gasteiger partial charge in [-0.1, -0.05) is 24.3 Å². The Morgan fingerprint density at radius 1 is 0.939 bits per heavy atom. The summed E-state index contributed by atoms with van der Waals surface area (Å²) in [5, 5.41) is 11.3. The van der Waals surface area contributed by atoms with E-state index < -0.39 is 23.6 Å². The SMILES string of the molecule is COc1cc2c(cc1OC)CN(CCc1ccc(NC(=O)c3ccc(C(F)(F)F)cc3N)cc1)CC2.O=C(O)c1cnc2ccccc2n1. The molecule has 4 N–H and O–H groups in total. The highest BCUT2D eigenvalue weighted by atomic mass is 19.4. The zero-order valence-electron chi connectivity index (χ0n) is 26.8. The van der Waals surface area contributed by atoms with Crippen LogP contribution in [0.5, 0.6) is 11.5 Å². The normalized spacial score (nSPS) is 12.8. The highest BCUT2D eigenvalue weighted by Crippen LogP contribution is 2.34. The van der Waals surface area contributed by atoms with Crippen LogP contribution in [0.4, 0.5) is 24.5 Å². The second kappa shape index (κ2) is 15.0. The molecule has 0 aliphatic carbocycles. The number of carboxylic acid groups (broad SMARTS) is 1. The molecule has 49 heavy (non-hydrogen) atoms. The maximum Gasteiger partial charge on any atom is 0.416 e. The molecule has 0 unspecified atom stereocenters. The van der Waals surface area contributed by atoms with E-state index in [4.69, 9.17) is 20.3 Å². The summed E-state index contributed by atoms with van der Waals surface area (Å²) >= 11 is 0. The summed E-state index contributed by atoms with van der Waals surface area (Å²) < 4.78 is 49.3. The van der Waals surface area contributed by atoms with Gasteiger partial charge >= 0.3 is 12.1 Å². The second-order valence-electron chi connectivity index (χ2n) is 11.3. The predicted molar refractivity (Wildman–Crippen MR) is 179 cm³/mol. The number of halogens is 3. The minimum absolute atomic E-state index is 0.00768. The first-order valence-electron chi connectivity index (χ1n) is 15.2. The Labute approximate surface area is 280 Å². The van der Waals surface area contributed by atoms with Crippen LogP contribution in [0, 0.1) is 0 Å². The molecule has 0 saturated carbocycles. The summed E-state index contributed by atoms with van der Waals surface area (Å²) in [7, 11) is 3.27. The highest BCUT2D eigenvalue weighted by molar-refractivity contribution is 6.07.